The summed E-state index contributed by atoms with van der Waals surface area (Å²) in [4.78, 5) is 53.0. The Labute approximate surface area is 222 Å². The standard InChI is InChI=1S/C27H49N5O5/c1-16(2)19(15-32-14-10-12-20(32)24(34)30-21(17(3)4)26(36)37)29-25(35)22(27(5,6)7)31-23(33)18-11-8-9-13-28-18/h16-22,28H,8-15H2,1-7H3,(H,29,35)(H,30,34)(H,31,33)(H,36,37)/t18?,19-,20+,21?,22?/m1/s1. The molecular formula is C27H49N5O5. The van der Waals surface area contributed by atoms with Crippen LogP contribution in [0.2, 0.25) is 0 Å². The van der Waals surface area contributed by atoms with Gasteiger partial charge in [-0.15, -0.1) is 0 Å². The molecule has 0 spiro atoms. The maximum Gasteiger partial charge on any atom is 0.326 e. The van der Waals surface area contributed by atoms with Crippen LogP contribution in [0.4, 0.5) is 0 Å². The molecule has 0 aromatic rings. The zero-order valence-electron chi connectivity index (χ0n) is 23.7. The molecular weight excluding hydrogens is 474 g/mol. The quantitative estimate of drug-likeness (QED) is 0.276. The van der Waals surface area contributed by atoms with Gasteiger partial charge in [-0.3, -0.25) is 19.3 Å². The van der Waals surface area contributed by atoms with Crippen LogP contribution in [-0.2, 0) is 19.2 Å². The largest absolute Gasteiger partial charge is 0.480 e. The second kappa shape index (κ2) is 13.6. The number of rotatable bonds is 11. The third kappa shape index (κ3) is 8.95. The van der Waals surface area contributed by atoms with Crippen molar-refractivity contribution in [3.63, 3.8) is 0 Å². The van der Waals surface area contributed by atoms with Crippen molar-refractivity contribution in [2.24, 2.45) is 17.3 Å². The molecule has 0 saturated carbocycles. The smallest absolute Gasteiger partial charge is 0.326 e. The highest BCUT2D eigenvalue weighted by Gasteiger charge is 2.38. The predicted octanol–water partition coefficient (Wildman–Crippen LogP) is 1.49. The van der Waals surface area contributed by atoms with Crippen LogP contribution in [0.1, 0.15) is 80.6 Å². The van der Waals surface area contributed by atoms with E-state index in [2.05, 4.69) is 21.3 Å². The lowest BCUT2D eigenvalue weighted by molar-refractivity contribution is -0.144. The van der Waals surface area contributed by atoms with Crippen molar-refractivity contribution in [2.45, 2.75) is 111 Å². The first-order valence-electron chi connectivity index (χ1n) is 13.8. The molecule has 2 fully saturated rings. The Morgan fingerprint density at radius 3 is 2.11 bits per heavy atom. The van der Waals surface area contributed by atoms with Crippen LogP contribution in [0.25, 0.3) is 0 Å². The van der Waals surface area contributed by atoms with E-state index in [1.807, 2.05) is 39.5 Å². The second-order valence-corrected chi connectivity index (χ2v) is 12.4. The van der Waals surface area contributed by atoms with E-state index in [1.165, 1.54) is 0 Å². The molecule has 0 bridgehead atoms. The van der Waals surface area contributed by atoms with Gasteiger partial charge in [0.15, 0.2) is 0 Å². The number of piperidine rings is 1. The molecule has 0 radical (unpaired) electrons. The minimum Gasteiger partial charge on any atom is -0.480 e. The highest BCUT2D eigenvalue weighted by molar-refractivity contribution is 5.90. The van der Waals surface area contributed by atoms with E-state index < -0.39 is 29.5 Å². The van der Waals surface area contributed by atoms with Gasteiger partial charge in [-0.25, -0.2) is 4.79 Å². The fourth-order valence-corrected chi connectivity index (χ4v) is 5.04. The fraction of sp³-hybridized carbons (Fsp3) is 0.852. The highest BCUT2D eigenvalue weighted by atomic mass is 16.4. The van der Waals surface area contributed by atoms with Crippen LogP contribution in [-0.4, -0.2) is 83.5 Å². The first-order chi connectivity index (χ1) is 17.2. The number of nitrogens with zero attached hydrogens (tertiary/aromatic N) is 1. The zero-order chi connectivity index (χ0) is 27.9. The van der Waals surface area contributed by atoms with Crippen molar-refractivity contribution in [2.75, 3.05) is 19.6 Å². The minimum absolute atomic E-state index is 0.0898. The first-order valence-corrected chi connectivity index (χ1v) is 13.8. The van der Waals surface area contributed by atoms with Crippen molar-refractivity contribution in [1.82, 2.24) is 26.2 Å². The third-order valence-electron chi connectivity index (χ3n) is 7.50. The van der Waals surface area contributed by atoms with Crippen LogP contribution in [0.5, 0.6) is 0 Å². The molecule has 3 amide bonds. The van der Waals surface area contributed by atoms with Crippen LogP contribution in [0.15, 0.2) is 0 Å². The topological polar surface area (TPSA) is 140 Å². The van der Waals surface area contributed by atoms with Crippen molar-refractivity contribution in [3.8, 4) is 0 Å². The summed E-state index contributed by atoms with van der Waals surface area (Å²) in [7, 11) is 0. The van der Waals surface area contributed by atoms with E-state index in [-0.39, 0.29) is 41.6 Å². The van der Waals surface area contributed by atoms with E-state index >= 15 is 0 Å². The molecule has 0 aromatic heterocycles. The Morgan fingerprint density at radius 2 is 1.59 bits per heavy atom. The van der Waals surface area contributed by atoms with Gasteiger partial charge in [0.05, 0.1) is 12.1 Å². The van der Waals surface area contributed by atoms with Gasteiger partial charge in [0.1, 0.15) is 12.1 Å². The van der Waals surface area contributed by atoms with Gasteiger partial charge in [-0.2, -0.15) is 0 Å². The Bertz CT molecular complexity index is 803. The van der Waals surface area contributed by atoms with Crippen molar-refractivity contribution in [1.29, 1.82) is 0 Å². The number of carboxylic acid groups (broad SMARTS) is 1. The number of carbonyl (C=O) groups is 4. The Hall–Kier alpha value is -2.20. The van der Waals surface area contributed by atoms with Gasteiger partial charge in [-0.05, 0) is 56.0 Å². The number of likely N-dealkylation sites (tertiary alicyclic amines) is 1. The van der Waals surface area contributed by atoms with E-state index in [9.17, 15) is 24.3 Å². The molecule has 3 unspecified atom stereocenters. The lowest BCUT2D eigenvalue weighted by atomic mass is 9.85. The van der Waals surface area contributed by atoms with Gasteiger partial charge in [0, 0.05) is 12.6 Å². The maximum atomic E-state index is 13.5. The van der Waals surface area contributed by atoms with Crippen molar-refractivity contribution < 1.29 is 24.3 Å². The molecule has 2 aliphatic rings. The molecule has 2 rings (SSSR count). The normalized spacial score (nSPS) is 23.4. The van der Waals surface area contributed by atoms with Crippen LogP contribution in [0, 0.1) is 17.3 Å². The summed E-state index contributed by atoms with van der Waals surface area (Å²) in [6.45, 7) is 15.3. The van der Waals surface area contributed by atoms with Gasteiger partial charge in [-0.1, -0.05) is 54.9 Å². The molecule has 2 heterocycles. The van der Waals surface area contributed by atoms with Crippen LogP contribution >= 0.6 is 0 Å². The summed E-state index contributed by atoms with van der Waals surface area (Å²) in [5, 5.41) is 21.6. The molecule has 10 heteroatoms. The van der Waals surface area contributed by atoms with Crippen molar-refractivity contribution in [3.05, 3.63) is 0 Å². The number of amides is 3. The molecule has 37 heavy (non-hydrogen) atoms. The molecule has 0 aliphatic carbocycles. The fourth-order valence-electron chi connectivity index (χ4n) is 5.04. The van der Waals surface area contributed by atoms with Gasteiger partial charge >= 0.3 is 5.97 Å². The average Bonchev–Trinajstić information content (AvgIpc) is 3.27. The number of aliphatic carboxylic acids is 1. The summed E-state index contributed by atoms with van der Waals surface area (Å²) in [6, 6.07) is -2.60. The molecule has 2 saturated heterocycles. The highest BCUT2D eigenvalue weighted by Crippen LogP contribution is 2.23. The number of carbonyl (C=O) groups excluding carboxylic acids is 3. The van der Waals surface area contributed by atoms with E-state index in [1.54, 1.807) is 13.8 Å². The molecule has 5 N–H and O–H groups in total. The molecule has 10 nitrogen and oxygen atoms in total. The molecule has 5 atom stereocenters. The summed E-state index contributed by atoms with van der Waals surface area (Å²) >= 11 is 0. The first kappa shape index (κ1) is 31.0. The molecule has 2 aliphatic heterocycles. The van der Waals surface area contributed by atoms with E-state index in [4.69, 9.17) is 0 Å². The van der Waals surface area contributed by atoms with Crippen LogP contribution in [0.3, 0.4) is 0 Å². The average molecular weight is 524 g/mol. The minimum atomic E-state index is -1.04. The summed E-state index contributed by atoms with van der Waals surface area (Å²) < 4.78 is 0. The predicted molar refractivity (Wildman–Crippen MR) is 143 cm³/mol. The van der Waals surface area contributed by atoms with Crippen LogP contribution < -0.4 is 21.3 Å². The number of hydrogen-bond acceptors (Lipinski definition) is 6. The van der Waals surface area contributed by atoms with Gasteiger partial charge in [0.25, 0.3) is 0 Å². The van der Waals surface area contributed by atoms with Gasteiger partial charge < -0.3 is 26.4 Å². The Kier molecular flexibility index (Phi) is 11.4. The second-order valence-electron chi connectivity index (χ2n) is 12.4. The Morgan fingerprint density at radius 1 is 0.919 bits per heavy atom. The van der Waals surface area contributed by atoms with E-state index in [0.29, 0.717) is 19.5 Å². The monoisotopic (exact) mass is 523 g/mol. The molecule has 212 valence electrons. The third-order valence-corrected chi connectivity index (χ3v) is 7.50. The van der Waals surface area contributed by atoms with Gasteiger partial charge in [0.2, 0.25) is 17.7 Å². The summed E-state index contributed by atoms with van der Waals surface area (Å²) in [6.07, 6.45) is 4.27. The van der Waals surface area contributed by atoms with Crippen molar-refractivity contribution >= 4 is 23.7 Å². The summed E-state index contributed by atoms with van der Waals surface area (Å²) in [5.41, 5.74) is -0.491. The lowest BCUT2D eigenvalue weighted by Crippen LogP contribution is -2.61. The summed E-state index contributed by atoms with van der Waals surface area (Å²) in [5.74, 6) is -1.85. The lowest BCUT2D eigenvalue weighted by Gasteiger charge is -2.36. The maximum absolute atomic E-state index is 13.5. The number of carboxylic acids is 1. The zero-order valence-corrected chi connectivity index (χ0v) is 23.7. The van der Waals surface area contributed by atoms with E-state index in [0.717, 1.165) is 32.2 Å². The Balaban J connectivity index is 2.08. The SMILES string of the molecule is CC(C)C(NC(=O)[C@@H]1CCCN1C[C@@H](NC(=O)C(NC(=O)C1CCCCN1)C(C)(C)C)C(C)C)C(=O)O. The molecule has 0 aromatic carbocycles. The number of nitrogens with one attached hydrogen (secondary N) is 4. The number of hydrogen-bond donors (Lipinski definition) is 5.